The first-order chi connectivity index (χ1) is 9.60. The smallest absolute Gasteiger partial charge is 0.265 e. The Morgan fingerprint density at radius 2 is 2.20 bits per heavy atom. The van der Waals surface area contributed by atoms with Gasteiger partial charge in [0.15, 0.2) is 0 Å². The number of amides is 1. The van der Waals surface area contributed by atoms with Crippen LogP contribution in [0.2, 0.25) is 0 Å². The molecule has 0 saturated heterocycles. The first-order valence-electron chi connectivity index (χ1n) is 6.70. The summed E-state index contributed by atoms with van der Waals surface area (Å²) in [6, 6.07) is 5.73. The van der Waals surface area contributed by atoms with Crippen LogP contribution in [0.1, 0.15) is 29.4 Å². The van der Waals surface area contributed by atoms with Crippen LogP contribution < -0.4 is 10.5 Å². The highest BCUT2D eigenvalue weighted by Crippen LogP contribution is 2.39. The van der Waals surface area contributed by atoms with Crippen molar-refractivity contribution in [3.8, 4) is 5.75 Å². The maximum absolute atomic E-state index is 12.5. The summed E-state index contributed by atoms with van der Waals surface area (Å²) in [4.78, 5) is 14.8. The largest absolute Gasteiger partial charge is 0.496 e. The van der Waals surface area contributed by atoms with E-state index in [2.05, 4.69) is 6.92 Å². The standard InChI is InChI=1S/C15H20N2O2S/c1-4-5-9-17(2)15(18)14-13(16)12-10(19-3)7-6-8-11(12)20-14/h6-8H,4-5,9,16H2,1-3H3. The van der Waals surface area contributed by atoms with Gasteiger partial charge in [0, 0.05) is 18.3 Å². The van der Waals surface area contributed by atoms with Crippen molar-refractivity contribution < 1.29 is 9.53 Å². The molecule has 2 rings (SSSR count). The molecule has 0 bridgehead atoms. The number of nitrogen functional groups attached to an aromatic ring is 1. The molecule has 0 aliphatic heterocycles. The third-order valence-electron chi connectivity index (χ3n) is 3.32. The Labute approximate surface area is 123 Å². The van der Waals surface area contributed by atoms with E-state index >= 15 is 0 Å². The summed E-state index contributed by atoms with van der Waals surface area (Å²) in [5.41, 5.74) is 6.69. The molecule has 1 aromatic carbocycles. The molecule has 1 aromatic heterocycles. The molecule has 0 spiro atoms. The van der Waals surface area contributed by atoms with Gasteiger partial charge in [-0.3, -0.25) is 4.79 Å². The number of hydrogen-bond donors (Lipinski definition) is 1. The molecule has 0 unspecified atom stereocenters. The molecule has 0 saturated carbocycles. The number of hydrogen-bond acceptors (Lipinski definition) is 4. The number of anilines is 1. The number of unbranched alkanes of at least 4 members (excludes halogenated alkanes) is 1. The van der Waals surface area contributed by atoms with Crippen LogP contribution in [-0.2, 0) is 0 Å². The minimum absolute atomic E-state index is 0.0146. The molecule has 0 atom stereocenters. The number of carbonyl (C=O) groups is 1. The van der Waals surface area contributed by atoms with Gasteiger partial charge in [-0.2, -0.15) is 0 Å². The van der Waals surface area contributed by atoms with Gasteiger partial charge in [0.2, 0.25) is 0 Å². The van der Waals surface area contributed by atoms with Crippen molar-refractivity contribution in [2.75, 3.05) is 26.4 Å². The van der Waals surface area contributed by atoms with Crippen molar-refractivity contribution in [2.24, 2.45) is 0 Å². The van der Waals surface area contributed by atoms with E-state index in [1.165, 1.54) is 11.3 Å². The zero-order valence-electron chi connectivity index (χ0n) is 12.1. The summed E-state index contributed by atoms with van der Waals surface area (Å²) in [5, 5.41) is 0.840. The summed E-state index contributed by atoms with van der Waals surface area (Å²) in [5.74, 6) is 0.700. The van der Waals surface area contributed by atoms with Gasteiger partial charge in [0.05, 0.1) is 18.2 Å². The van der Waals surface area contributed by atoms with Crippen LogP contribution in [0.25, 0.3) is 10.1 Å². The minimum Gasteiger partial charge on any atom is -0.496 e. The molecule has 108 valence electrons. The zero-order chi connectivity index (χ0) is 14.7. The van der Waals surface area contributed by atoms with Crippen molar-refractivity contribution in [1.82, 2.24) is 4.90 Å². The van der Waals surface area contributed by atoms with Gasteiger partial charge in [-0.15, -0.1) is 11.3 Å². The van der Waals surface area contributed by atoms with Gasteiger partial charge >= 0.3 is 0 Å². The molecular weight excluding hydrogens is 272 g/mol. The number of nitrogens with two attached hydrogens (primary N) is 1. The first kappa shape index (κ1) is 14.7. The lowest BCUT2D eigenvalue weighted by Gasteiger charge is -2.16. The Hall–Kier alpha value is -1.75. The van der Waals surface area contributed by atoms with Crippen LogP contribution in [0.15, 0.2) is 18.2 Å². The number of fused-ring (bicyclic) bond motifs is 1. The Balaban J connectivity index is 2.40. The summed E-state index contributed by atoms with van der Waals surface area (Å²) >= 11 is 1.43. The Kier molecular flexibility index (Phi) is 4.49. The van der Waals surface area contributed by atoms with Crippen LogP contribution in [0, 0.1) is 0 Å². The Bertz CT molecular complexity index is 622. The summed E-state index contributed by atoms with van der Waals surface area (Å²) in [6.45, 7) is 2.86. The summed E-state index contributed by atoms with van der Waals surface area (Å²) in [6.07, 6.45) is 2.06. The Morgan fingerprint density at radius 3 is 2.85 bits per heavy atom. The number of methoxy groups -OCH3 is 1. The highest BCUT2D eigenvalue weighted by atomic mass is 32.1. The first-order valence-corrected chi connectivity index (χ1v) is 7.52. The predicted octanol–water partition coefficient (Wildman–Crippen LogP) is 3.36. The fraction of sp³-hybridized carbons (Fsp3) is 0.400. The molecule has 5 heteroatoms. The Morgan fingerprint density at radius 1 is 1.45 bits per heavy atom. The molecular formula is C15H20N2O2S. The average Bonchev–Trinajstić information content (AvgIpc) is 2.81. The van der Waals surface area contributed by atoms with Gasteiger partial charge in [0.1, 0.15) is 10.6 Å². The van der Waals surface area contributed by atoms with Crippen molar-refractivity contribution >= 4 is 33.0 Å². The number of rotatable bonds is 5. The fourth-order valence-electron chi connectivity index (χ4n) is 2.14. The van der Waals surface area contributed by atoms with Crippen molar-refractivity contribution in [3.63, 3.8) is 0 Å². The summed E-state index contributed by atoms with van der Waals surface area (Å²) < 4.78 is 6.31. The number of benzene rings is 1. The average molecular weight is 292 g/mol. The van der Waals surface area contributed by atoms with E-state index in [0.29, 0.717) is 16.3 Å². The SMILES string of the molecule is CCCCN(C)C(=O)c1sc2cccc(OC)c2c1N. The van der Waals surface area contributed by atoms with Crippen molar-refractivity contribution in [3.05, 3.63) is 23.1 Å². The molecule has 2 N–H and O–H groups in total. The fourth-order valence-corrected chi connectivity index (χ4v) is 3.27. The lowest BCUT2D eigenvalue weighted by Crippen LogP contribution is -2.27. The van der Waals surface area contributed by atoms with Crippen LogP contribution in [0.3, 0.4) is 0 Å². The van der Waals surface area contributed by atoms with E-state index in [1.54, 1.807) is 12.0 Å². The molecule has 20 heavy (non-hydrogen) atoms. The van der Waals surface area contributed by atoms with E-state index in [4.69, 9.17) is 10.5 Å². The van der Waals surface area contributed by atoms with Crippen LogP contribution in [0.5, 0.6) is 5.75 Å². The third kappa shape index (κ3) is 2.58. The molecule has 2 aromatic rings. The van der Waals surface area contributed by atoms with Gasteiger partial charge in [0.25, 0.3) is 5.91 Å². The maximum atomic E-state index is 12.5. The van der Waals surface area contributed by atoms with E-state index in [-0.39, 0.29) is 5.91 Å². The normalized spacial score (nSPS) is 10.8. The molecule has 1 amide bonds. The lowest BCUT2D eigenvalue weighted by molar-refractivity contribution is 0.0799. The molecule has 0 aliphatic rings. The topological polar surface area (TPSA) is 55.6 Å². The molecule has 4 nitrogen and oxygen atoms in total. The zero-order valence-corrected chi connectivity index (χ0v) is 12.9. The van der Waals surface area contributed by atoms with Crippen LogP contribution in [0.4, 0.5) is 5.69 Å². The second kappa shape index (κ2) is 6.13. The van der Waals surface area contributed by atoms with Crippen molar-refractivity contribution in [2.45, 2.75) is 19.8 Å². The lowest BCUT2D eigenvalue weighted by atomic mass is 10.2. The van der Waals surface area contributed by atoms with Crippen molar-refractivity contribution in [1.29, 1.82) is 0 Å². The molecule has 0 aliphatic carbocycles. The second-order valence-electron chi connectivity index (χ2n) is 4.76. The van der Waals surface area contributed by atoms with Gasteiger partial charge in [-0.25, -0.2) is 0 Å². The van der Waals surface area contributed by atoms with Gasteiger partial charge < -0.3 is 15.4 Å². The number of carbonyl (C=O) groups excluding carboxylic acids is 1. The highest BCUT2D eigenvalue weighted by molar-refractivity contribution is 7.21. The molecule has 1 heterocycles. The van der Waals surface area contributed by atoms with E-state index in [9.17, 15) is 4.79 Å². The predicted molar refractivity (Wildman–Crippen MR) is 84.7 cm³/mol. The highest BCUT2D eigenvalue weighted by Gasteiger charge is 2.21. The van der Waals surface area contributed by atoms with Gasteiger partial charge in [-0.1, -0.05) is 19.4 Å². The van der Waals surface area contributed by atoms with Crippen LogP contribution >= 0.6 is 11.3 Å². The maximum Gasteiger partial charge on any atom is 0.265 e. The van der Waals surface area contributed by atoms with Gasteiger partial charge in [-0.05, 0) is 18.6 Å². The number of ether oxygens (including phenoxy) is 1. The molecule has 0 fully saturated rings. The number of nitrogens with zero attached hydrogens (tertiary/aromatic N) is 1. The molecule has 0 radical (unpaired) electrons. The summed E-state index contributed by atoms with van der Waals surface area (Å²) in [7, 11) is 3.43. The van der Waals surface area contributed by atoms with E-state index in [0.717, 1.165) is 29.5 Å². The quantitative estimate of drug-likeness (QED) is 0.919. The monoisotopic (exact) mass is 292 g/mol. The second-order valence-corrected chi connectivity index (χ2v) is 5.81. The van der Waals surface area contributed by atoms with E-state index in [1.807, 2.05) is 25.2 Å². The van der Waals surface area contributed by atoms with E-state index < -0.39 is 0 Å². The third-order valence-corrected chi connectivity index (χ3v) is 4.48. The minimum atomic E-state index is -0.0146. The van der Waals surface area contributed by atoms with Crippen LogP contribution in [-0.4, -0.2) is 31.5 Å². The number of thiophene rings is 1.